The fourth-order valence-electron chi connectivity index (χ4n) is 2.54. The highest BCUT2D eigenvalue weighted by Crippen LogP contribution is 2.39. The van der Waals surface area contributed by atoms with Crippen LogP contribution in [-0.4, -0.2) is 53.0 Å². The van der Waals surface area contributed by atoms with E-state index < -0.39 is 5.91 Å². The van der Waals surface area contributed by atoms with Gasteiger partial charge in [0.1, 0.15) is 0 Å². The lowest BCUT2D eigenvalue weighted by molar-refractivity contribution is -0.154. The first-order chi connectivity index (χ1) is 12.1. The van der Waals surface area contributed by atoms with Crippen LogP contribution in [-0.2, 0) is 19.1 Å². The lowest BCUT2D eigenvalue weighted by atomic mass is 10.0. The normalized spacial score (nSPS) is 14.5. The predicted molar refractivity (Wildman–Crippen MR) is 89.2 cm³/mol. The summed E-state index contributed by atoms with van der Waals surface area (Å²) in [4.78, 5) is 24.0. The Balaban J connectivity index is 1.94. The van der Waals surface area contributed by atoms with Gasteiger partial charge in [-0.25, -0.2) is 0 Å². The summed E-state index contributed by atoms with van der Waals surface area (Å²) in [5, 5.41) is 2.64. The summed E-state index contributed by atoms with van der Waals surface area (Å²) in [6.07, 6.45) is 1.24. The summed E-state index contributed by atoms with van der Waals surface area (Å²) < 4.78 is 25.9. The molecule has 1 aliphatic heterocycles. The van der Waals surface area contributed by atoms with Crippen LogP contribution in [0.1, 0.15) is 12.8 Å². The van der Waals surface area contributed by atoms with Crippen molar-refractivity contribution in [1.82, 2.24) is 0 Å². The molecule has 138 valence electrons. The number of methoxy groups -OCH3 is 3. The standard InChI is InChI=1S/C17H23NO7/c1-21-13-8-12(9-14(22-2)16(13)23-3)18-15(19)10-25-17(20)11-4-6-24-7-5-11/h8-9,11H,4-7,10H2,1-3H3,(H,18,19). The van der Waals surface area contributed by atoms with E-state index in [-0.39, 0.29) is 18.5 Å². The van der Waals surface area contributed by atoms with Gasteiger partial charge < -0.3 is 29.0 Å². The maximum absolute atomic E-state index is 12.0. The van der Waals surface area contributed by atoms with Crippen molar-refractivity contribution in [3.05, 3.63) is 12.1 Å². The highest BCUT2D eigenvalue weighted by Gasteiger charge is 2.23. The first-order valence-corrected chi connectivity index (χ1v) is 7.93. The van der Waals surface area contributed by atoms with E-state index in [0.29, 0.717) is 49.0 Å². The molecule has 25 heavy (non-hydrogen) atoms. The number of nitrogens with one attached hydrogen (secondary N) is 1. The molecule has 1 aromatic rings. The van der Waals surface area contributed by atoms with Crippen molar-refractivity contribution < 1.29 is 33.3 Å². The maximum atomic E-state index is 12.0. The van der Waals surface area contributed by atoms with E-state index in [1.807, 2.05) is 0 Å². The molecule has 1 N–H and O–H groups in total. The molecule has 1 fully saturated rings. The molecule has 1 aliphatic rings. The third kappa shape index (κ3) is 4.99. The number of rotatable bonds is 7. The fraction of sp³-hybridized carbons (Fsp3) is 0.529. The minimum absolute atomic E-state index is 0.206. The molecule has 8 heteroatoms. The van der Waals surface area contributed by atoms with Crippen LogP contribution >= 0.6 is 0 Å². The summed E-state index contributed by atoms with van der Waals surface area (Å²) >= 11 is 0. The van der Waals surface area contributed by atoms with Crippen molar-refractivity contribution in [3.63, 3.8) is 0 Å². The molecule has 0 spiro atoms. The zero-order valence-electron chi connectivity index (χ0n) is 14.6. The second kappa shape index (κ2) is 9.12. The van der Waals surface area contributed by atoms with Crippen LogP contribution in [0.4, 0.5) is 5.69 Å². The van der Waals surface area contributed by atoms with E-state index in [0.717, 1.165) is 0 Å². The van der Waals surface area contributed by atoms with Gasteiger partial charge >= 0.3 is 5.97 Å². The average Bonchev–Trinajstić information content (AvgIpc) is 2.65. The SMILES string of the molecule is COc1cc(NC(=O)COC(=O)C2CCOCC2)cc(OC)c1OC. The lowest BCUT2D eigenvalue weighted by Gasteiger charge is -2.20. The Morgan fingerprint density at radius 2 is 1.68 bits per heavy atom. The van der Waals surface area contributed by atoms with Crippen LogP contribution in [0.25, 0.3) is 0 Å². The van der Waals surface area contributed by atoms with E-state index in [1.165, 1.54) is 21.3 Å². The van der Waals surface area contributed by atoms with Crippen LogP contribution < -0.4 is 19.5 Å². The van der Waals surface area contributed by atoms with Crippen molar-refractivity contribution in [2.45, 2.75) is 12.8 Å². The Morgan fingerprint density at radius 3 is 2.20 bits per heavy atom. The third-order valence-corrected chi connectivity index (χ3v) is 3.85. The van der Waals surface area contributed by atoms with Crippen LogP contribution in [0.15, 0.2) is 12.1 Å². The van der Waals surface area contributed by atoms with Gasteiger partial charge in [-0.15, -0.1) is 0 Å². The number of hydrogen-bond acceptors (Lipinski definition) is 7. The summed E-state index contributed by atoms with van der Waals surface area (Å²) in [5.74, 6) is 0.224. The number of ether oxygens (including phenoxy) is 5. The monoisotopic (exact) mass is 353 g/mol. The summed E-state index contributed by atoms with van der Waals surface area (Å²) in [6.45, 7) is 0.724. The van der Waals surface area contributed by atoms with Gasteiger partial charge in [0.05, 0.1) is 27.2 Å². The number of amides is 1. The first-order valence-electron chi connectivity index (χ1n) is 7.93. The number of benzene rings is 1. The van der Waals surface area contributed by atoms with Gasteiger partial charge in [-0.1, -0.05) is 0 Å². The Bertz CT molecular complexity index is 586. The Hall–Kier alpha value is -2.48. The summed E-state index contributed by atoms with van der Waals surface area (Å²) in [7, 11) is 4.46. The number of esters is 1. The maximum Gasteiger partial charge on any atom is 0.309 e. The van der Waals surface area contributed by atoms with Crippen molar-refractivity contribution in [2.75, 3.05) is 46.5 Å². The highest BCUT2D eigenvalue weighted by atomic mass is 16.5. The molecule has 0 saturated carbocycles. The van der Waals surface area contributed by atoms with Crippen molar-refractivity contribution in [3.8, 4) is 17.2 Å². The molecule has 8 nitrogen and oxygen atoms in total. The topological polar surface area (TPSA) is 92.3 Å². The Morgan fingerprint density at radius 1 is 1.08 bits per heavy atom. The molecule has 0 unspecified atom stereocenters. The summed E-state index contributed by atoms with van der Waals surface area (Å²) in [5.41, 5.74) is 0.446. The Kier molecular flexibility index (Phi) is 6.88. The molecular formula is C17H23NO7. The zero-order valence-corrected chi connectivity index (χ0v) is 14.6. The fourth-order valence-corrected chi connectivity index (χ4v) is 2.54. The predicted octanol–water partition coefficient (Wildman–Crippen LogP) is 1.62. The van der Waals surface area contributed by atoms with E-state index in [9.17, 15) is 9.59 Å². The third-order valence-electron chi connectivity index (χ3n) is 3.85. The molecule has 1 heterocycles. The number of anilines is 1. The number of hydrogen-bond donors (Lipinski definition) is 1. The van der Waals surface area contributed by atoms with Gasteiger partial charge in [-0.05, 0) is 12.8 Å². The second-order valence-electron chi connectivity index (χ2n) is 5.46. The minimum Gasteiger partial charge on any atom is -0.493 e. The van der Waals surface area contributed by atoms with Crippen LogP contribution in [0.3, 0.4) is 0 Å². The first kappa shape index (κ1) is 18.9. The van der Waals surface area contributed by atoms with Crippen LogP contribution in [0, 0.1) is 5.92 Å². The van der Waals surface area contributed by atoms with Gasteiger partial charge in [-0.3, -0.25) is 9.59 Å². The van der Waals surface area contributed by atoms with Crippen LogP contribution in [0.2, 0.25) is 0 Å². The molecule has 2 rings (SSSR count). The molecule has 1 saturated heterocycles. The molecule has 0 atom stereocenters. The molecule has 0 aromatic heterocycles. The van der Waals surface area contributed by atoms with Gasteiger partial charge in [0, 0.05) is 31.0 Å². The minimum atomic E-state index is -0.449. The smallest absolute Gasteiger partial charge is 0.309 e. The van der Waals surface area contributed by atoms with Crippen molar-refractivity contribution in [2.24, 2.45) is 5.92 Å². The van der Waals surface area contributed by atoms with E-state index in [2.05, 4.69) is 5.32 Å². The molecule has 0 radical (unpaired) electrons. The van der Waals surface area contributed by atoms with Gasteiger partial charge in [0.15, 0.2) is 18.1 Å². The molecule has 1 aromatic carbocycles. The molecule has 0 bridgehead atoms. The second-order valence-corrected chi connectivity index (χ2v) is 5.46. The largest absolute Gasteiger partial charge is 0.493 e. The molecule has 0 aliphatic carbocycles. The van der Waals surface area contributed by atoms with Crippen molar-refractivity contribution >= 4 is 17.6 Å². The number of carbonyl (C=O) groups is 2. The lowest BCUT2D eigenvalue weighted by Crippen LogP contribution is -2.28. The number of carbonyl (C=O) groups excluding carboxylic acids is 2. The molecule has 1 amide bonds. The van der Waals surface area contributed by atoms with E-state index in [4.69, 9.17) is 23.7 Å². The van der Waals surface area contributed by atoms with E-state index in [1.54, 1.807) is 12.1 Å². The van der Waals surface area contributed by atoms with Gasteiger partial charge in [-0.2, -0.15) is 0 Å². The van der Waals surface area contributed by atoms with Gasteiger partial charge in [0.2, 0.25) is 5.75 Å². The average molecular weight is 353 g/mol. The Labute approximate surface area is 146 Å². The highest BCUT2D eigenvalue weighted by molar-refractivity contribution is 5.93. The van der Waals surface area contributed by atoms with E-state index >= 15 is 0 Å². The quantitative estimate of drug-likeness (QED) is 0.745. The van der Waals surface area contributed by atoms with Gasteiger partial charge in [0.25, 0.3) is 5.91 Å². The summed E-state index contributed by atoms with van der Waals surface area (Å²) in [6, 6.07) is 3.19. The molecular weight excluding hydrogens is 330 g/mol. The van der Waals surface area contributed by atoms with Crippen LogP contribution in [0.5, 0.6) is 17.2 Å². The van der Waals surface area contributed by atoms with Crippen molar-refractivity contribution in [1.29, 1.82) is 0 Å². The zero-order chi connectivity index (χ0) is 18.2.